The number of halogens is 3. The summed E-state index contributed by atoms with van der Waals surface area (Å²) in [6, 6.07) is 3.25. The average Bonchev–Trinajstić information content (AvgIpc) is 3.29. The van der Waals surface area contributed by atoms with Crippen LogP contribution in [0.3, 0.4) is 0 Å². The van der Waals surface area contributed by atoms with E-state index in [0.717, 1.165) is 29.7 Å². The quantitative estimate of drug-likeness (QED) is 0.745. The number of amides is 1. The van der Waals surface area contributed by atoms with Crippen molar-refractivity contribution in [2.45, 2.75) is 24.8 Å². The number of hydrogen-bond acceptors (Lipinski definition) is 4. The molecule has 0 radical (unpaired) electrons. The molecule has 1 aromatic carbocycles. The summed E-state index contributed by atoms with van der Waals surface area (Å²) in [5.74, 6) is -2.63. The fraction of sp³-hybridized carbons (Fsp3) is 0.421. The molecule has 1 saturated carbocycles. The predicted octanol–water partition coefficient (Wildman–Crippen LogP) is 3.09. The van der Waals surface area contributed by atoms with Crippen molar-refractivity contribution >= 4 is 27.3 Å². The molecule has 0 bridgehead atoms. The minimum atomic E-state index is -3.35. The second-order valence-electron chi connectivity index (χ2n) is 7.48. The van der Waals surface area contributed by atoms with Gasteiger partial charge in [-0.3, -0.25) is 4.79 Å². The fourth-order valence-corrected chi connectivity index (χ4v) is 5.18. The molecule has 0 spiro atoms. The maximum Gasteiger partial charge on any atom is 0.226 e. The second-order valence-corrected chi connectivity index (χ2v) is 10.1. The Labute approximate surface area is 170 Å². The molecular weight excluding hydrogens is 425 g/mol. The zero-order valence-corrected chi connectivity index (χ0v) is 17.1. The molecule has 0 unspecified atom stereocenters. The topological polar surface area (TPSA) is 66.5 Å². The number of carbonyl (C=O) groups is 1. The lowest BCUT2D eigenvalue weighted by Crippen LogP contribution is -2.56. The van der Waals surface area contributed by atoms with Gasteiger partial charge in [0.1, 0.15) is 11.6 Å². The summed E-state index contributed by atoms with van der Waals surface area (Å²) in [4.78, 5) is 14.4. The Morgan fingerprint density at radius 1 is 1.28 bits per heavy atom. The van der Waals surface area contributed by atoms with Crippen LogP contribution in [-0.2, 0) is 14.8 Å². The van der Waals surface area contributed by atoms with Crippen LogP contribution in [0.15, 0.2) is 23.6 Å². The van der Waals surface area contributed by atoms with Gasteiger partial charge in [-0.15, -0.1) is 11.3 Å². The molecule has 2 aliphatic rings. The van der Waals surface area contributed by atoms with Gasteiger partial charge >= 0.3 is 0 Å². The van der Waals surface area contributed by atoms with Crippen LogP contribution >= 0.6 is 11.3 Å². The third-order valence-electron chi connectivity index (χ3n) is 5.50. The number of nitrogens with one attached hydrogen (secondary N) is 1. The van der Waals surface area contributed by atoms with Crippen LogP contribution in [0.25, 0.3) is 11.1 Å². The lowest BCUT2D eigenvalue weighted by atomic mass is 9.98. The summed E-state index contributed by atoms with van der Waals surface area (Å²) >= 11 is 0.763. The smallest absolute Gasteiger partial charge is 0.226 e. The van der Waals surface area contributed by atoms with E-state index >= 15 is 0 Å². The van der Waals surface area contributed by atoms with E-state index in [9.17, 15) is 26.4 Å². The SMILES string of the molecule is CS(=O)(=O)NC[C@@H]1CCN1C(=O)[C@H]1C[C@@H]1c1c(-c2c(F)cccc2F)csc1F. The van der Waals surface area contributed by atoms with Crippen LogP contribution in [-0.4, -0.2) is 44.6 Å². The zero-order valence-electron chi connectivity index (χ0n) is 15.5. The van der Waals surface area contributed by atoms with Crippen LogP contribution in [0, 0.1) is 22.7 Å². The molecule has 2 fully saturated rings. The van der Waals surface area contributed by atoms with Gasteiger partial charge in [0.25, 0.3) is 0 Å². The number of carbonyl (C=O) groups excluding carboxylic acids is 1. The highest BCUT2D eigenvalue weighted by Gasteiger charge is 2.51. The highest BCUT2D eigenvalue weighted by atomic mass is 32.2. The van der Waals surface area contributed by atoms with Gasteiger partial charge < -0.3 is 4.90 Å². The normalized spacial score (nSPS) is 23.7. The van der Waals surface area contributed by atoms with Crippen molar-refractivity contribution in [2.75, 3.05) is 19.3 Å². The van der Waals surface area contributed by atoms with E-state index in [-0.39, 0.29) is 35.2 Å². The van der Waals surface area contributed by atoms with Crippen molar-refractivity contribution < 1.29 is 26.4 Å². The molecule has 1 aromatic heterocycles. The molecule has 5 nitrogen and oxygen atoms in total. The molecule has 2 heterocycles. The first kappa shape index (κ1) is 20.4. The minimum absolute atomic E-state index is 0.139. The van der Waals surface area contributed by atoms with Crippen LogP contribution in [0.4, 0.5) is 13.2 Å². The van der Waals surface area contributed by atoms with Crippen LogP contribution in [0.1, 0.15) is 24.3 Å². The van der Waals surface area contributed by atoms with Gasteiger partial charge in [-0.1, -0.05) is 6.07 Å². The largest absolute Gasteiger partial charge is 0.338 e. The molecule has 1 N–H and O–H groups in total. The molecule has 29 heavy (non-hydrogen) atoms. The summed E-state index contributed by atoms with van der Waals surface area (Å²) in [6.45, 7) is 0.652. The van der Waals surface area contributed by atoms with Gasteiger partial charge in [0.15, 0.2) is 5.13 Å². The molecule has 10 heteroatoms. The van der Waals surface area contributed by atoms with Gasteiger partial charge in [-0.2, -0.15) is 4.39 Å². The molecule has 2 aromatic rings. The Morgan fingerprint density at radius 3 is 2.55 bits per heavy atom. The first-order valence-electron chi connectivity index (χ1n) is 9.13. The molecule has 156 valence electrons. The maximum absolute atomic E-state index is 14.5. The summed E-state index contributed by atoms with van der Waals surface area (Å²) in [7, 11) is -3.35. The Kier molecular flexibility index (Phi) is 5.20. The van der Waals surface area contributed by atoms with Crippen molar-refractivity contribution in [2.24, 2.45) is 5.92 Å². The average molecular weight is 445 g/mol. The Morgan fingerprint density at radius 2 is 1.97 bits per heavy atom. The number of likely N-dealkylation sites (tertiary alicyclic amines) is 1. The van der Waals surface area contributed by atoms with Gasteiger partial charge in [-0.05, 0) is 25.0 Å². The summed E-state index contributed by atoms with van der Waals surface area (Å²) in [5.41, 5.74) is 0.0610. The second kappa shape index (κ2) is 7.41. The van der Waals surface area contributed by atoms with Gasteiger partial charge in [-0.25, -0.2) is 21.9 Å². The van der Waals surface area contributed by atoms with E-state index in [1.54, 1.807) is 4.90 Å². The molecule has 4 rings (SSSR count). The summed E-state index contributed by atoms with van der Waals surface area (Å²) in [6.07, 6.45) is 2.14. The van der Waals surface area contributed by atoms with Gasteiger partial charge in [0, 0.05) is 47.5 Å². The third-order valence-corrected chi connectivity index (χ3v) is 6.97. The first-order valence-corrected chi connectivity index (χ1v) is 11.9. The van der Waals surface area contributed by atoms with E-state index in [0.29, 0.717) is 19.4 Å². The van der Waals surface area contributed by atoms with Crippen molar-refractivity contribution in [1.29, 1.82) is 0 Å². The van der Waals surface area contributed by atoms with Crippen LogP contribution in [0.2, 0.25) is 0 Å². The number of sulfonamides is 1. The molecule has 1 amide bonds. The zero-order chi connectivity index (χ0) is 20.9. The van der Waals surface area contributed by atoms with Gasteiger partial charge in [0.05, 0.1) is 11.8 Å². The number of nitrogens with zero attached hydrogens (tertiary/aromatic N) is 1. The van der Waals surface area contributed by atoms with Gasteiger partial charge in [0.2, 0.25) is 15.9 Å². The molecular formula is C19H19F3N2O3S2. The number of benzene rings is 1. The lowest BCUT2D eigenvalue weighted by molar-refractivity contribution is -0.140. The summed E-state index contributed by atoms with van der Waals surface area (Å²) < 4.78 is 67.8. The highest BCUT2D eigenvalue weighted by Crippen LogP contribution is 2.54. The van der Waals surface area contributed by atoms with E-state index < -0.39 is 38.6 Å². The minimum Gasteiger partial charge on any atom is -0.338 e. The number of hydrogen-bond donors (Lipinski definition) is 1. The standard InChI is InChI=1S/C19H19F3N2O3S2/c1-29(26,27)23-8-10-5-6-24(10)19(25)12-7-11(12)16-13(9-28-18(16)22)17-14(20)3-2-4-15(17)21/h2-4,9-12,23H,5-8H2,1H3/t10-,11-,12-/m0/s1. The molecule has 1 aliphatic carbocycles. The number of rotatable bonds is 6. The van der Waals surface area contributed by atoms with Crippen LogP contribution < -0.4 is 4.72 Å². The number of thiophene rings is 1. The van der Waals surface area contributed by atoms with Crippen molar-refractivity contribution in [3.63, 3.8) is 0 Å². The van der Waals surface area contributed by atoms with Crippen molar-refractivity contribution in [1.82, 2.24) is 9.62 Å². The Balaban J connectivity index is 1.52. The Hall–Kier alpha value is -1.91. The molecule has 1 aliphatic heterocycles. The van der Waals surface area contributed by atoms with Crippen molar-refractivity contribution in [3.05, 3.63) is 45.9 Å². The third kappa shape index (κ3) is 3.93. The van der Waals surface area contributed by atoms with E-state index in [2.05, 4.69) is 4.72 Å². The monoisotopic (exact) mass is 444 g/mol. The molecule has 1 saturated heterocycles. The predicted molar refractivity (Wildman–Crippen MR) is 103 cm³/mol. The van der Waals surface area contributed by atoms with Crippen molar-refractivity contribution in [3.8, 4) is 11.1 Å². The van der Waals surface area contributed by atoms with E-state index in [1.165, 1.54) is 11.4 Å². The fourth-order valence-electron chi connectivity index (χ4n) is 3.83. The van der Waals surface area contributed by atoms with E-state index in [4.69, 9.17) is 0 Å². The lowest BCUT2D eigenvalue weighted by Gasteiger charge is -2.41. The summed E-state index contributed by atoms with van der Waals surface area (Å²) in [5, 5.41) is 0.843. The molecule has 3 atom stereocenters. The van der Waals surface area contributed by atoms with E-state index in [1.807, 2.05) is 0 Å². The maximum atomic E-state index is 14.5. The first-order chi connectivity index (χ1) is 13.7. The van der Waals surface area contributed by atoms with Crippen LogP contribution in [0.5, 0.6) is 0 Å². The Bertz CT molecular complexity index is 1050. The highest BCUT2D eigenvalue weighted by molar-refractivity contribution is 7.88.